The molecule has 0 aromatic heterocycles. The van der Waals surface area contributed by atoms with Crippen LogP contribution in [-0.4, -0.2) is 19.1 Å². The van der Waals surface area contributed by atoms with E-state index < -0.39 is 0 Å². The van der Waals surface area contributed by atoms with Gasteiger partial charge in [-0.1, -0.05) is 12.5 Å². The van der Waals surface area contributed by atoms with Crippen LogP contribution >= 0.6 is 0 Å². The van der Waals surface area contributed by atoms with Crippen LogP contribution in [0, 0.1) is 11.8 Å². The van der Waals surface area contributed by atoms with Gasteiger partial charge in [0, 0.05) is 17.7 Å². The average Bonchev–Trinajstić information content (AvgIpc) is 2.88. The van der Waals surface area contributed by atoms with E-state index in [1.807, 2.05) is 31.2 Å². The van der Waals surface area contributed by atoms with Crippen molar-refractivity contribution in [1.29, 1.82) is 0 Å². The van der Waals surface area contributed by atoms with Gasteiger partial charge < -0.3 is 15.8 Å². The fourth-order valence-electron chi connectivity index (χ4n) is 2.73. The number of hydrogen-bond donors (Lipinski definition) is 2. The maximum atomic E-state index is 12.2. The minimum atomic E-state index is 0.0562. The van der Waals surface area contributed by atoms with Gasteiger partial charge in [-0.2, -0.15) is 0 Å². The maximum absolute atomic E-state index is 12.2. The molecule has 1 aliphatic rings. The summed E-state index contributed by atoms with van der Waals surface area (Å²) in [5.74, 6) is 1.25. The second-order valence-electron chi connectivity index (χ2n) is 4.98. The molecule has 19 heavy (non-hydrogen) atoms. The quantitative estimate of drug-likeness (QED) is 0.856. The van der Waals surface area contributed by atoms with Crippen LogP contribution in [0.2, 0.25) is 0 Å². The Balaban J connectivity index is 2.00. The molecule has 0 aliphatic heterocycles. The lowest BCUT2D eigenvalue weighted by Crippen LogP contribution is -2.29. The van der Waals surface area contributed by atoms with Crippen molar-refractivity contribution in [3.8, 4) is 5.75 Å². The van der Waals surface area contributed by atoms with Crippen LogP contribution in [0.5, 0.6) is 5.75 Å². The SMILES string of the molecule is CCOc1cccc(NC(=O)C2CCCC2CN)c1. The molecule has 104 valence electrons. The zero-order valence-electron chi connectivity index (χ0n) is 11.4. The molecule has 0 heterocycles. The van der Waals surface area contributed by atoms with Crippen LogP contribution in [0.4, 0.5) is 5.69 Å². The summed E-state index contributed by atoms with van der Waals surface area (Å²) < 4.78 is 5.42. The van der Waals surface area contributed by atoms with Crippen molar-refractivity contribution in [2.45, 2.75) is 26.2 Å². The van der Waals surface area contributed by atoms with E-state index >= 15 is 0 Å². The Bertz CT molecular complexity index is 434. The Hall–Kier alpha value is -1.55. The Labute approximate surface area is 114 Å². The van der Waals surface area contributed by atoms with E-state index in [-0.39, 0.29) is 11.8 Å². The van der Waals surface area contributed by atoms with Gasteiger partial charge in [-0.25, -0.2) is 0 Å². The van der Waals surface area contributed by atoms with Crippen LogP contribution in [-0.2, 0) is 4.79 Å². The molecule has 0 radical (unpaired) electrons. The number of nitrogens with two attached hydrogens (primary N) is 1. The molecule has 3 N–H and O–H groups in total. The van der Waals surface area contributed by atoms with Crippen molar-refractivity contribution in [3.63, 3.8) is 0 Å². The highest BCUT2D eigenvalue weighted by atomic mass is 16.5. The van der Waals surface area contributed by atoms with E-state index in [1.165, 1.54) is 0 Å². The third-order valence-electron chi connectivity index (χ3n) is 3.71. The molecule has 2 unspecified atom stereocenters. The molecule has 2 atom stereocenters. The second-order valence-corrected chi connectivity index (χ2v) is 4.98. The van der Waals surface area contributed by atoms with E-state index in [9.17, 15) is 4.79 Å². The first-order valence-corrected chi connectivity index (χ1v) is 6.98. The number of nitrogens with one attached hydrogen (secondary N) is 1. The van der Waals surface area contributed by atoms with E-state index in [0.717, 1.165) is 30.7 Å². The molecule has 1 fully saturated rings. The van der Waals surface area contributed by atoms with Gasteiger partial charge in [-0.3, -0.25) is 4.79 Å². The van der Waals surface area contributed by atoms with Crippen LogP contribution in [0.25, 0.3) is 0 Å². The van der Waals surface area contributed by atoms with Gasteiger partial charge >= 0.3 is 0 Å². The van der Waals surface area contributed by atoms with Gasteiger partial charge in [0.25, 0.3) is 0 Å². The monoisotopic (exact) mass is 262 g/mol. The third kappa shape index (κ3) is 3.47. The Morgan fingerprint density at radius 1 is 1.47 bits per heavy atom. The summed E-state index contributed by atoms with van der Waals surface area (Å²) in [6.07, 6.45) is 3.10. The van der Waals surface area contributed by atoms with Crippen LogP contribution in [0.3, 0.4) is 0 Å². The van der Waals surface area contributed by atoms with Crippen LogP contribution in [0.1, 0.15) is 26.2 Å². The fourth-order valence-corrected chi connectivity index (χ4v) is 2.73. The number of amides is 1. The minimum absolute atomic E-state index is 0.0562. The molecular weight excluding hydrogens is 240 g/mol. The van der Waals surface area contributed by atoms with Gasteiger partial charge in [-0.05, 0) is 44.4 Å². The molecule has 4 nitrogen and oxygen atoms in total. The Kier molecular flexibility index (Phi) is 4.80. The van der Waals surface area contributed by atoms with Crippen LogP contribution in [0.15, 0.2) is 24.3 Å². The van der Waals surface area contributed by atoms with Gasteiger partial charge in [0.15, 0.2) is 0 Å². The molecule has 1 aromatic carbocycles. The molecule has 0 bridgehead atoms. The summed E-state index contributed by atoms with van der Waals surface area (Å²) in [7, 11) is 0. The highest BCUT2D eigenvalue weighted by Crippen LogP contribution is 2.32. The number of carbonyl (C=O) groups excluding carboxylic acids is 1. The van der Waals surface area contributed by atoms with Gasteiger partial charge in [0.05, 0.1) is 6.61 Å². The van der Waals surface area contributed by atoms with Gasteiger partial charge in [0.1, 0.15) is 5.75 Å². The smallest absolute Gasteiger partial charge is 0.227 e. The number of anilines is 1. The molecule has 1 aliphatic carbocycles. The number of benzene rings is 1. The summed E-state index contributed by atoms with van der Waals surface area (Å²) >= 11 is 0. The summed E-state index contributed by atoms with van der Waals surface area (Å²) in [5.41, 5.74) is 6.51. The predicted molar refractivity (Wildman–Crippen MR) is 76.1 cm³/mol. The first-order chi connectivity index (χ1) is 9.24. The molecule has 4 heteroatoms. The van der Waals surface area contributed by atoms with Crippen molar-refractivity contribution in [1.82, 2.24) is 0 Å². The Morgan fingerprint density at radius 3 is 3.05 bits per heavy atom. The fraction of sp³-hybridized carbons (Fsp3) is 0.533. The molecule has 1 saturated carbocycles. The number of carbonyl (C=O) groups is 1. The predicted octanol–water partition coefficient (Wildman–Crippen LogP) is 2.40. The molecule has 0 spiro atoms. The van der Waals surface area contributed by atoms with Crippen LogP contribution < -0.4 is 15.8 Å². The largest absolute Gasteiger partial charge is 0.494 e. The zero-order valence-corrected chi connectivity index (χ0v) is 11.4. The summed E-state index contributed by atoms with van der Waals surface area (Å²) in [4.78, 5) is 12.2. The first kappa shape index (κ1) is 13.9. The number of ether oxygens (including phenoxy) is 1. The van der Waals surface area contributed by atoms with Crippen molar-refractivity contribution in [2.24, 2.45) is 17.6 Å². The van der Waals surface area contributed by atoms with Crippen molar-refractivity contribution < 1.29 is 9.53 Å². The normalized spacial score (nSPS) is 22.2. The first-order valence-electron chi connectivity index (χ1n) is 6.98. The topological polar surface area (TPSA) is 64.3 Å². The maximum Gasteiger partial charge on any atom is 0.227 e. The lowest BCUT2D eigenvalue weighted by atomic mass is 9.95. The Morgan fingerprint density at radius 2 is 2.32 bits per heavy atom. The van der Waals surface area contributed by atoms with E-state index in [4.69, 9.17) is 10.5 Å². The average molecular weight is 262 g/mol. The second kappa shape index (κ2) is 6.57. The summed E-state index contributed by atoms with van der Waals surface area (Å²) in [6, 6.07) is 7.51. The van der Waals surface area contributed by atoms with Gasteiger partial charge in [-0.15, -0.1) is 0 Å². The van der Waals surface area contributed by atoms with E-state index in [0.29, 0.717) is 19.1 Å². The minimum Gasteiger partial charge on any atom is -0.494 e. The highest BCUT2D eigenvalue weighted by Gasteiger charge is 2.31. The van der Waals surface area contributed by atoms with Crippen molar-refractivity contribution in [3.05, 3.63) is 24.3 Å². The molecule has 2 rings (SSSR count). The zero-order chi connectivity index (χ0) is 13.7. The molecular formula is C15H22N2O2. The lowest BCUT2D eigenvalue weighted by molar-refractivity contribution is -0.120. The molecule has 0 saturated heterocycles. The highest BCUT2D eigenvalue weighted by molar-refractivity contribution is 5.93. The summed E-state index contributed by atoms with van der Waals surface area (Å²) in [6.45, 7) is 3.15. The summed E-state index contributed by atoms with van der Waals surface area (Å²) in [5, 5.41) is 2.97. The lowest BCUT2D eigenvalue weighted by Gasteiger charge is -2.17. The third-order valence-corrected chi connectivity index (χ3v) is 3.71. The number of rotatable bonds is 5. The molecule has 1 amide bonds. The van der Waals surface area contributed by atoms with Crippen molar-refractivity contribution >= 4 is 11.6 Å². The van der Waals surface area contributed by atoms with Gasteiger partial charge in [0.2, 0.25) is 5.91 Å². The van der Waals surface area contributed by atoms with E-state index in [2.05, 4.69) is 5.32 Å². The standard InChI is InChI=1S/C15H22N2O2/c1-2-19-13-7-4-6-12(9-13)17-15(18)14-8-3-5-11(14)10-16/h4,6-7,9,11,14H,2-3,5,8,10,16H2,1H3,(H,17,18). The van der Waals surface area contributed by atoms with E-state index in [1.54, 1.807) is 0 Å². The number of hydrogen-bond acceptors (Lipinski definition) is 3. The molecule has 1 aromatic rings. The van der Waals surface area contributed by atoms with Crippen molar-refractivity contribution in [2.75, 3.05) is 18.5 Å².